The van der Waals surface area contributed by atoms with Gasteiger partial charge in [0.2, 0.25) is 5.91 Å². The summed E-state index contributed by atoms with van der Waals surface area (Å²) >= 11 is 0. The molecule has 6 nitrogen and oxygen atoms in total. The molecule has 1 fully saturated rings. The summed E-state index contributed by atoms with van der Waals surface area (Å²) in [6.07, 6.45) is 6.73. The maximum absolute atomic E-state index is 12.3. The van der Waals surface area contributed by atoms with Crippen LogP contribution in [0.2, 0.25) is 0 Å². The lowest BCUT2D eigenvalue weighted by atomic mass is 10.00. The minimum Gasteiger partial charge on any atom is -0.327 e. The number of aromatic nitrogens is 1. The molecule has 0 unspecified atom stereocenters. The van der Waals surface area contributed by atoms with Crippen LogP contribution >= 0.6 is 24.8 Å². The first-order valence-electron chi connectivity index (χ1n) is 8.48. The lowest BCUT2D eigenvalue weighted by molar-refractivity contribution is -0.117. The lowest BCUT2D eigenvalue weighted by Gasteiger charge is -2.15. The molecule has 27 heavy (non-hydrogen) atoms. The summed E-state index contributed by atoms with van der Waals surface area (Å²) in [4.78, 5) is 28.4. The van der Waals surface area contributed by atoms with Crippen LogP contribution in [0.5, 0.6) is 0 Å². The molecule has 0 radical (unpaired) electrons. The fourth-order valence-electron chi connectivity index (χ4n) is 3.15. The number of rotatable bonds is 5. The number of pyridine rings is 1. The second kappa shape index (κ2) is 10.9. The first kappa shape index (κ1) is 22.9. The number of amides is 2. The number of benzene rings is 1. The van der Waals surface area contributed by atoms with E-state index in [4.69, 9.17) is 5.73 Å². The minimum absolute atomic E-state index is 0. The Hall–Kier alpha value is -2.15. The van der Waals surface area contributed by atoms with Gasteiger partial charge >= 0.3 is 0 Å². The predicted octanol–water partition coefficient (Wildman–Crippen LogP) is 3.63. The first-order valence-corrected chi connectivity index (χ1v) is 8.48. The molecule has 2 amide bonds. The van der Waals surface area contributed by atoms with Gasteiger partial charge in [0, 0.05) is 41.8 Å². The number of nitrogens with two attached hydrogens (primary N) is 1. The fraction of sp³-hybridized carbons (Fsp3) is 0.316. The minimum atomic E-state index is -0.236. The van der Waals surface area contributed by atoms with Crippen molar-refractivity contribution in [2.45, 2.75) is 31.7 Å². The molecule has 0 bridgehead atoms. The summed E-state index contributed by atoms with van der Waals surface area (Å²) in [5, 5.41) is 5.66. The summed E-state index contributed by atoms with van der Waals surface area (Å²) in [6.45, 7) is 0. The van der Waals surface area contributed by atoms with Gasteiger partial charge in [-0.3, -0.25) is 14.6 Å². The Morgan fingerprint density at radius 2 is 1.78 bits per heavy atom. The normalized spacial score (nSPS) is 18.0. The van der Waals surface area contributed by atoms with E-state index >= 15 is 0 Å². The van der Waals surface area contributed by atoms with Crippen molar-refractivity contribution in [3.05, 3.63) is 54.4 Å². The van der Waals surface area contributed by atoms with Crippen LogP contribution in [0.1, 0.15) is 36.0 Å². The van der Waals surface area contributed by atoms with Crippen LogP contribution in [0, 0.1) is 5.92 Å². The molecular weight excluding hydrogens is 387 g/mol. The zero-order chi connectivity index (χ0) is 17.6. The largest absolute Gasteiger partial charge is 0.327 e. The molecule has 1 aromatic carbocycles. The van der Waals surface area contributed by atoms with Gasteiger partial charge in [0.25, 0.3) is 5.91 Å². The van der Waals surface area contributed by atoms with E-state index in [1.54, 1.807) is 48.8 Å². The lowest BCUT2D eigenvalue weighted by Crippen LogP contribution is -2.28. The van der Waals surface area contributed by atoms with E-state index < -0.39 is 0 Å². The van der Waals surface area contributed by atoms with Crippen LogP contribution in [0.25, 0.3) is 0 Å². The number of hydrogen-bond acceptors (Lipinski definition) is 4. The van der Waals surface area contributed by atoms with Crippen molar-refractivity contribution in [1.29, 1.82) is 0 Å². The van der Waals surface area contributed by atoms with Crippen molar-refractivity contribution in [2.24, 2.45) is 11.7 Å². The van der Waals surface area contributed by atoms with Crippen LogP contribution in [0.15, 0.2) is 48.8 Å². The molecule has 1 aliphatic carbocycles. The molecule has 0 saturated heterocycles. The van der Waals surface area contributed by atoms with Gasteiger partial charge in [-0.05, 0) is 49.1 Å². The second-order valence-electron chi connectivity index (χ2n) is 6.38. The van der Waals surface area contributed by atoms with Crippen LogP contribution < -0.4 is 16.4 Å². The van der Waals surface area contributed by atoms with Crippen LogP contribution in [0.3, 0.4) is 0 Å². The van der Waals surface area contributed by atoms with Gasteiger partial charge in [0.05, 0.1) is 0 Å². The molecule has 4 N–H and O–H groups in total. The number of halogens is 2. The smallest absolute Gasteiger partial charge is 0.255 e. The molecule has 146 valence electrons. The van der Waals surface area contributed by atoms with Gasteiger partial charge in [-0.25, -0.2) is 0 Å². The van der Waals surface area contributed by atoms with Crippen molar-refractivity contribution in [3.63, 3.8) is 0 Å². The number of nitrogens with one attached hydrogen (secondary N) is 2. The van der Waals surface area contributed by atoms with E-state index in [0.29, 0.717) is 23.4 Å². The molecular formula is C19H24Cl2N4O2. The fourth-order valence-corrected chi connectivity index (χ4v) is 3.15. The maximum atomic E-state index is 12.3. The highest BCUT2D eigenvalue weighted by Crippen LogP contribution is 2.27. The molecule has 1 saturated carbocycles. The molecule has 1 heterocycles. The van der Waals surface area contributed by atoms with Crippen molar-refractivity contribution in [1.82, 2.24) is 4.98 Å². The van der Waals surface area contributed by atoms with Crippen molar-refractivity contribution < 1.29 is 9.59 Å². The summed E-state index contributed by atoms with van der Waals surface area (Å²) in [7, 11) is 0. The van der Waals surface area contributed by atoms with Gasteiger partial charge in [0.15, 0.2) is 0 Å². The summed E-state index contributed by atoms with van der Waals surface area (Å²) in [5.41, 5.74) is 7.78. The third-order valence-corrected chi connectivity index (χ3v) is 4.51. The highest BCUT2D eigenvalue weighted by Gasteiger charge is 2.26. The Morgan fingerprint density at radius 1 is 1.04 bits per heavy atom. The Balaban J connectivity index is 0.00000182. The van der Waals surface area contributed by atoms with E-state index in [1.807, 2.05) is 0 Å². The zero-order valence-corrected chi connectivity index (χ0v) is 16.4. The number of carbonyl (C=O) groups excluding carboxylic acids is 2. The summed E-state index contributed by atoms with van der Waals surface area (Å²) < 4.78 is 0. The zero-order valence-electron chi connectivity index (χ0n) is 14.8. The van der Waals surface area contributed by atoms with Gasteiger partial charge in [-0.2, -0.15) is 0 Å². The van der Waals surface area contributed by atoms with Crippen LogP contribution in [0.4, 0.5) is 11.4 Å². The number of nitrogens with zero attached hydrogens (tertiary/aromatic N) is 1. The van der Waals surface area contributed by atoms with Crippen molar-refractivity contribution in [3.8, 4) is 0 Å². The molecule has 2 atom stereocenters. The topological polar surface area (TPSA) is 97.1 Å². The highest BCUT2D eigenvalue weighted by atomic mass is 35.5. The number of hydrogen-bond donors (Lipinski definition) is 3. The quantitative estimate of drug-likeness (QED) is 0.700. The SMILES string of the molecule is Cl.Cl.N[C@@H]1CCC[C@H]1CC(=O)Nc1cccc(C(=O)Nc2ccncc2)c1. The van der Waals surface area contributed by atoms with Gasteiger partial charge in [-0.15, -0.1) is 24.8 Å². The highest BCUT2D eigenvalue weighted by molar-refractivity contribution is 6.05. The Morgan fingerprint density at radius 3 is 2.44 bits per heavy atom. The standard InChI is InChI=1S/C19H22N4O2.2ClH/c20-17-6-2-3-13(17)12-18(24)22-16-5-1-4-14(11-16)19(25)23-15-7-9-21-10-8-15;;/h1,4-5,7-11,13,17H,2-3,6,12,20H2,(H,22,24)(H,21,23,25);2*1H/t13-,17+;;/m0../s1. The Kier molecular flexibility index (Phi) is 9.21. The molecule has 1 aliphatic rings. The molecule has 8 heteroatoms. The number of carbonyl (C=O) groups is 2. The molecule has 1 aromatic heterocycles. The van der Waals surface area contributed by atoms with Crippen molar-refractivity contribution >= 4 is 48.0 Å². The van der Waals surface area contributed by atoms with E-state index in [9.17, 15) is 9.59 Å². The summed E-state index contributed by atoms with van der Waals surface area (Å²) in [5.74, 6) is -0.0488. The van der Waals surface area contributed by atoms with Gasteiger partial charge in [-0.1, -0.05) is 12.5 Å². The van der Waals surface area contributed by atoms with Gasteiger partial charge < -0.3 is 16.4 Å². The monoisotopic (exact) mass is 410 g/mol. The van der Waals surface area contributed by atoms with Crippen molar-refractivity contribution in [2.75, 3.05) is 10.6 Å². The Bertz CT molecular complexity index is 758. The molecule has 0 spiro atoms. The number of anilines is 2. The average molecular weight is 411 g/mol. The maximum Gasteiger partial charge on any atom is 0.255 e. The summed E-state index contributed by atoms with van der Waals surface area (Å²) in [6, 6.07) is 10.4. The predicted molar refractivity (Wildman–Crippen MR) is 112 cm³/mol. The van der Waals surface area contributed by atoms with Crippen LogP contribution in [-0.2, 0) is 4.79 Å². The van der Waals surface area contributed by atoms with E-state index in [-0.39, 0.29) is 48.6 Å². The van der Waals surface area contributed by atoms with E-state index in [0.717, 1.165) is 19.3 Å². The molecule has 2 aromatic rings. The van der Waals surface area contributed by atoms with Crippen LogP contribution in [-0.4, -0.2) is 22.8 Å². The van der Waals surface area contributed by atoms with Gasteiger partial charge in [0.1, 0.15) is 0 Å². The molecule has 0 aliphatic heterocycles. The second-order valence-corrected chi connectivity index (χ2v) is 6.38. The molecule has 3 rings (SSSR count). The Labute approximate surface area is 171 Å². The third kappa shape index (κ3) is 6.50. The third-order valence-electron chi connectivity index (χ3n) is 4.51. The first-order chi connectivity index (χ1) is 12.1. The van der Waals surface area contributed by atoms with E-state index in [2.05, 4.69) is 15.6 Å². The average Bonchev–Trinajstić information content (AvgIpc) is 3.00. The van der Waals surface area contributed by atoms with E-state index in [1.165, 1.54) is 0 Å².